The number of hydrogen-bond donors (Lipinski definition) is 1. The average Bonchev–Trinajstić information content (AvgIpc) is 2.68. The second-order valence-electron chi connectivity index (χ2n) is 4.79. The zero-order chi connectivity index (χ0) is 14.6. The molecule has 1 N–H and O–H groups in total. The van der Waals surface area contributed by atoms with E-state index in [2.05, 4.69) is 11.4 Å². The number of rotatable bonds is 2. The minimum absolute atomic E-state index is 0.407. The molecule has 0 aliphatic carbocycles. The highest BCUT2D eigenvalue weighted by Gasteiger charge is 2.31. The lowest BCUT2D eigenvalue weighted by Crippen LogP contribution is -2.31. The van der Waals surface area contributed by atoms with Crippen LogP contribution in [0.25, 0.3) is 0 Å². The average molecular weight is 283 g/mol. The van der Waals surface area contributed by atoms with E-state index >= 15 is 0 Å². The largest absolute Gasteiger partial charge is 0.416 e. The first kappa shape index (κ1) is 14.8. The Kier molecular flexibility index (Phi) is 4.63. The summed E-state index contributed by atoms with van der Waals surface area (Å²) in [6.07, 6.45) is -3.49. The van der Waals surface area contributed by atoms with Crippen LogP contribution in [0.4, 0.5) is 13.2 Å². The van der Waals surface area contributed by atoms with Crippen LogP contribution < -0.4 is 5.32 Å². The number of nitrogens with zero attached hydrogens (tertiary/aromatic N) is 2. The van der Waals surface area contributed by atoms with Crippen LogP contribution in [0.15, 0.2) is 24.3 Å². The Labute approximate surface area is 116 Å². The van der Waals surface area contributed by atoms with Crippen molar-refractivity contribution in [2.75, 3.05) is 26.2 Å². The Hall–Kier alpha value is -1.58. The number of nitriles is 1. The standard InChI is InChI=1S/C14H16F3N3/c15-14(16,17)12-4-1-3-11(9-12)13(10-18)20-7-2-5-19-6-8-20/h1,3-4,9,13,19H,2,5-8H2. The Morgan fingerprint density at radius 2 is 2.05 bits per heavy atom. The van der Waals surface area contributed by atoms with E-state index in [-0.39, 0.29) is 0 Å². The van der Waals surface area contributed by atoms with Crippen LogP contribution in [0.5, 0.6) is 0 Å². The fraction of sp³-hybridized carbons (Fsp3) is 0.500. The van der Waals surface area contributed by atoms with E-state index in [0.29, 0.717) is 18.7 Å². The first-order chi connectivity index (χ1) is 9.52. The van der Waals surface area contributed by atoms with Gasteiger partial charge in [0.15, 0.2) is 0 Å². The van der Waals surface area contributed by atoms with Crippen molar-refractivity contribution in [3.63, 3.8) is 0 Å². The first-order valence-electron chi connectivity index (χ1n) is 6.54. The molecule has 0 bridgehead atoms. The summed E-state index contributed by atoms with van der Waals surface area (Å²) in [6.45, 7) is 2.99. The number of benzene rings is 1. The van der Waals surface area contributed by atoms with Gasteiger partial charge in [-0.2, -0.15) is 18.4 Å². The summed E-state index contributed by atoms with van der Waals surface area (Å²) in [5.41, 5.74) is -0.299. The molecule has 1 aliphatic rings. The topological polar surface area (TPSA) is 39.1 Å². The zero-order valence-corrected chi connectivity index (χ0v) is 11.0. The molecule has 0 spiro atoms. The molecule has 0 saturated carbocycles. The van der Waals surface area contributed by atoms with Crippen molar-refractivity contribution in [1.82, 2.24) is 10.2 Å². The van der Waals surface area contributed by atoms with Crippen LogP contribution in [0.2, 0.25) is 0 Å². The molecule has 3 nitrogen and oxygen atoms in total. The lowest BCUT2D eigenvalue weighted by molar-refractivity contribution is -0.137. The Morgan fingerprint density at radius 3 is 2.75 bits per heavy atom. The molecule has 108 valence electrons. The molecular formula is C14H16F3N3. The molecule has 1 atom stereocenters. The summed E-state index contributed by atoms with van der Waals surface area (Å²) >= 11 is 0. The van der Waals surface area contributed by atoms with E-state index in [1.165, 1.54) is 6.07 Å². The number of nitrogens with one attached hydrogen (secondary N) is 1. The van der Waals surface area contributed by atoms with Gasteiger partial charge in [-0.25, -0.2) is 0 Å². The second kappa shape index (κ2) is 6.25. The van der Waals surface area contributed by atoms with E-state index in [1.54, 1.807) is 6.07 Å². The molecule has 0 aromatic heterocycles. The van der Waals surface area contributed by atoms with Crippen LogP contribution in [0.3, 0.4) is 0 Å². The van der Waals surface area contributed by atoms with E-state index < -0.39 is 17.8 Å². The van der Waals surface area contributed by atoms with Crippen LogP contribution in [0.1, 0.15) is 23.6 Å². The Morgan fingerprint density at radius 1 is 1.25 bits per heavy atom. The van der Waals surface area contributed by atoms with E-state index in [4.69, 9.17) is 0 Å². The Bertz CT molecular complexity index is 485. The summed E-state index contributed by atoms with van der Waals surface area (Å²) in [6, 6.07) is 6.55. The summed E-state index contributed by atoms with van der Waals surface area (Å²) in [7, 11) is 0. The highest BCUT2D eigenvalue weighted by atomic mass is 19.4. The molecule has 1 aromatic carbocycles. The van der Waals surface area contributed by atoms with Gasteiger partial charge in [0.05, 0.1) is 11.6 Å². The highest BCUT2D eigenvalue weighted by molar-refractivity contribution is 5.31. The van der Waals surface area contributed by atoms with E-state index in [9.17, 15) is 18.4 Å². The molecular weight excluding hydrogens is 267 g/mol. The fourth-order valence-corrected chi connectivity index (χ4v) is 2.38. The van der Waals surface area contributed by atoms with Crippen molar-refractivity contribution < 1.29 is 13.2 Å². The third kappa shape index (κ3) is 3.50. The molecule has 20 heavy (non-hydrogen) atoms. The summed E-state index contributed by atoms with van der Waals surface area (Å²) in [4.78, 5) is 1.93. The van der Waals surface area contributed by atoms with Gasteiger partial charge in [-0.05, 0) is 30.7 Å². The number of halogens is 3. The minimum atomic E-state index is -4.38. The first-order valence-corrected chi connectivity index (χ1v) is 6.54. The predicted molar refractivity (Wildman–Crippen MR) is 68.9 cm³/mol. The number of hydrogen-bond acceptors (Lipinski definition) is 3. The van der Waals surface area contributed by atoms with Crippen molar-refractivity contribution in [3.05, 3.63) is 35.4 Å². The summed E-state index contributed by atoms with van der Waals surface area (Å²) in [5, 5.41) is 12.5. The van der Waals surface area contributed by atoms with Crippen molar-refractivity contribution >= 4 is 0 Å². The molecule has 0 radical (unpaired) electrons. The highest BCUT2D eigenvalue weighted by Crippen LogP contribution is 2.31. The van der Waals surface area contributed by atoms with Gasteiger partial charge in [0.1, 0.15) is 6.04 Å². The maximum atomic E-state index is 12.7. The molecule has 6 heteroatoms. The predicted octanol–water partition coefficient (Wildman–Crippen LogP) is 2.57. The van der Waals surface area contributed by atoms with E-state index in [0.717, 1.165) is 31.6 Å². The van der Waals surface area contributed by atoms with Gasteiger partial charge in [-0.1, -0.05) is 12.1 Å². The smallest absolute Gasteiger partial charge is 0.315 e. The normalized spacial score (nSPS) is 19.1. The maximum Gasteiger partial charge on any atom is 0.416 e. The fourth-order valence-electron chi connectivity index (χ4n) is 2.38. The third-order valence-corrected chi connectivity index (χ3v) is 3.39. The van der Waals surface area contributed by atoms with Crippen LogP contribution >= 0.6 is 0 Å². The van der Waals surface area contributed by atoms with Gasteiger partial charge in [0.25, 0.3) is 0 Å². The molecule has 0 amide bonds. The van der Waals surface area contributed by atoms with Crippen molar-refractivity contribution in [1.29, 1.82) is 5.26 Å². The van der Waals surface area contributed by atoms with Gasteiger partial charge in [-0.3, -0.25) is 4.90 Å². The van der Waals surface area contributed by atoms with Gasteiger partial charge in [0.2, 0.25) is 0 Å². The molecule has 1 aromatic rings. The second-order valence-corrected chi connectivity index (χ2v) is 4.79. The summed E-state index contributed by atoms with van der Waals surface area (Å²) in [5.74, 6) is 0. The molecule has 1 fully saturated rings. The van der Waals surface area contributed by atoms with Crippen molar-refractivity contribution in [3.8, 4) is 6.07 Å². The van der Waals surface area contributed by atoms with Gasteiger partial charge in [0, 0.05) is 19.6 Å². The van der Waals surface area contributed by atoms with E-state index in [1.807, 2.05) is 4.90 Å². The lowest BCUT2D eigenvalue weighted by atomic mass is 10.0. The molecule has 1 unspecified atom stereocenters. The van der Waals surface area contributed by atoms with Crippen LogP contribution in [-0.4, -0.2) is 31.1 Å². The summed E-state index contributed by atoms with van der Waals surface area (Å²) < 4.78 is 38.2. The minimum Gasteiger partial charge on any atom is -0.315 e. The SMILES string of the molecule is N#CC(c1cccc(C(F)(F)F)c1)N1CCCNCC1. The zero-order valence-electron chi connectivity index (χ0n) is 11.0. The number of alkyl halides is 3. The molecule has 1 saturated heterocycles. The lowest BCUT2D eigenvalue weighted by Gasteiger charge is -2.25. The maximum absolute atomic E-state index is 12.7. The molecule has 1 heterocycles. The van der Waals surface area contributed by atoms with Gasteiger partial charge < -0.3 is 5.32 Å². The monoisotopic (exact) mass is 283 g/mol. The Balaban J connectivity index is 2.25. The molecule has 1 aliphatic heterocycles. The van der Waals surface area contributed by atoms with Crippen molar-refractivity contribution in [2.24, 2.45) is 0 Å². The molecule has 2 rings (SSSR count). The van der Waals surface area contributed by atoms with Gasteiger partial charge in [-0.15, -0.1) is 0 Å². The third-order valence-electron chi connectivity index (χ3n) is 3.39. The van der Waals surface area contributed by atoms with Crippen LogP contribution in [-0.2, 0) is 6.18 Å². The van der Waals surface area contributed by atoms with Crippen molar-refractivity contribution in [2.45, 2.75) is 18.6 Å². The van der Waals surface area contributed by atoms with Gasteiger partial charge >= 0.3 is 6.18 Å². The van der Waals surface area contributed by atoms with Crippen LogP contribution in [0, 0.1) is 11.3 Å². The quantitative estimate of drug-likeness (QED) is 0.906.